The number of alkyl halides is 2. The van der Waals surface area contributed by atoms with Crippen LogP contribution in [0.3, 0.4) is 0 Å². The Morgan fingerprint density at radius 2 is 1.65 bits per heavy atom. The van der Waals surface area contributed by atoms with Gasteiger partial charge in [-0.2, -0.15) is 0 Å². The van der Waals surface area contributed by atoms with Crippen LogP contribution in [0.25, 0.3) is 0 Å². The summed E-state index contributed by atoms with van der Waals surface area (Å²) in [5.41, 5.74) is 1.94. The van der Waals surface area contributed by atoms with Crippen LogP contribution in [0.1, 0.15) is 22.3 Å². The van der Waals surface area contributed by atoms with Gasteiger partial charge in [0.25, 0.3) is 5.91 Å². The van der Waals surface area contributed by atoms with Crippen LogP contribution in [0.2, 0.25) is 0 Å². The van der Waals surface area contributed by atoms with Gasteiger partial charge >= 0.3 is 5.97 Å². The van der Waals surface area contributed by atoms with Crippen molar-refractivity contribution in [3.8, 4) is 0 Å². The molecule has 1 aliphatic heterocycles. The van der Waals surface area contributed by atoms with Crippen molar-refractivity contribution in [3.63, 3.8) is 0 Å². The van der Waals surface area contributed by atoms with Crippen LogP contribution in [0, 0.1) is 30.6 Å². The third-order valence-electron chi connectivity index (χ3n) is 7.08. The Morgan fingerprint density at radius 3 is 2.29 bits per heavy atom. The number of esters is 1. The summed E-state index contributed by atoms with van der Waals surface area (Å²) < 4.78 is 5.15. The van der Waals surface area contributed by atoms with Crippen LogP contribution in [-0.2, 0) is 19.1 Å². The molecular formula is C25H22Cl2N2O5. The molecule has 0 unspecified atom stereocenters. The van der Waals surface area contributed by atoms with Crippen molar-refractivity contribution in [2.24, 2.45) is 23.7 Å². The molecule has 0 radical (unpaired) electrons. The summed E-state index contributed by atoms with van der Waals surface area (Å²) in [5.74, 6) is -3.02. The largest absolute Gasteiger partial charge is 0.452 e. The second-order valence-corrected chi connectivity index (χ2v) is 10.0. The predicted octanol–water partition coefficient (Wildman–Crippen LogP) is 3.76. The van der Waals surface area contributed by atoms with Gasteiger partial charge in [-0.25, -0.2) is 4.79 Å². The number of hydrogen-bond donors (Lipinski definition) is 1. The first kappa shape index (κ1) is 22.9. The lowest BCUT2D eigenvalue weighted by Gasteiger charge is -2.28. The molecule has 9 heteroatoms. The van der Waals surface area contributed by atoms with Gasteiger partial charge in [-0.1, -0.05) is 24.3 Å². The van der Waals surface area contributed by atoms with Crippen molar-refractivity contribution in [1.82, 2.24) is 0 Å². The van der Waals surface area contributed by atoms with Crippen LogP contribution in [0.4, 0.5) is 11.4 Å². The molecule has 7 nitrogen and oxygen atoms in total. The standard InChI is InChI=1S/C25H22Cl2N2O5/c1-12-5-2-3-8-17(12)28-18(30)11-34-25(33)13-6-4-7-14(9-13)29-23(31)19-15-10-16(20(19)24(29)32)22(27)21(15)26/h2-9,15-16,19-22H,10-11H2,1H3,(H,28,30)/t15-,16-,19-,20-,21+,22+/m1/s1. The molecule has 6 atom stereocenters. The molecule has 3 aliphatic rings. The number of nitrogens with zero attached hydrogens (tertiary/aromatic N) is 1. The van der Waals surface area contributed by atoms with Crippen molar-refractivity contribution in [1.29, 1.82) is 0 Å². The maximum atomic E-state index is 13.2. The fourth-order valence-electron chi connectivity index (χ4n) is 5.49. The molecular weight excluding hydrogens is 479 g/mol. The number of anilines is 2. The number of rotatable bonds is 5. The zero-order valence-electron chi connectivity index (χ0n) is 18.2. The highest BCUT2D eigenvalue weighted by Crippen LogP contribution is 2.59. The van der Waals surface area contributed by atoms with Gasteiger partial charge in [-0.3, -0.25) is 19.3 Å². The topological polar surface area (TPSA) is 92.8 Å². The number of carbonyl (C=O) groups excluding carboxylic acids is 4. The first-order chi connectivity index (χ1) is 16.3. The van der Waals surface area contributed by atoms with Crippen molar-refractivity contribution in [2.45, 2.75) is 24.1 Å². The quantitative estimate of drug-likeness (QED) is 0.383. The summed E-state index contributed by atoms with van der Waals surface area (Å²) >= 11 is 12.8. The number of hydrogen-bond acceptors (Lipinski definition) is 5. The Bertz CT molecular complexity index is 1170. The monoisotopic (exact) mass is 500 g/mol. The predicted molar refractivity (Wildman–Crippen MR) is 127 cm³/mol. The summed E-state index contributed by atoms with van der Waals surface area (Å²) in [7, 11) is 0. The molecule has 2 aromatic rings. The van der Waals surface area contributed by atoms with Crippen LogP contribution in [0.15, 0.2) is 48.5 Å². The SMILES string of the molecule is Cc1ccccc1NC(=O)COC(=O)c1cccc(N2C(=O)[C@@H]3[C@H]4C[C@@H]([C@H](Cl)[C@H]4Cl)[C@H]3C2=O)c1. The van der Waals surface area contributed by atoms with Crippen LogP contribution < -0.4 is 10.2 Å². The highest BCUT2D eigenvalue weighted by atomic mass is 35.5. The van der Waals surface area contributed by atoms with Gasteiger partial charge in [-0.05, 0) is 55.0 Å². The van der Waals surface area contributed by atoms with E-state index in [1.165, 1.54) is 12.1 Å². The van der Waals surface area contributed by atoms with Gasteiger partial charge in [0, 0.05) is 5.69 Å². The minimum absolute atomic E-state index is 0.125. The maximum absolute atomic E-state index is 13.2. The minimum Gasteiger partial charge on any atom is -0.452 e. The van der Waals surface area contributed by atoms with Crippen LogP contribution >= 0.6 is 23.2 Å². The summed E-state index contributed by atoms with van der Waals surface area (Å²) in [6.45, 7) is 1.38. The van der Waals surface area contributed by atoms with Crippen LogP contribution in [0.5, 0.6) is 0 Å². The number of aryl methyl sites for hydroxylation is 1. The lowest BCUT2D eigenvalue weighted by Crippen LogP contribution is -2.37. The Labute approximate surface area is 206 Å². The van der Waals surface area contributed by atoms with Crippen molar-refractivity contribution < 1.29 is 23.9 Å². The molecule has 2 saturated carbocycles. The number of fused-ring (bicyclic) bond motifs is 5. The number of carbonyl (C=O) groups is 4. The van der Waals surface area contributed by atoms with E-state index in [0.717, 1.165) is 10.5 Å². The molecule has 5 rings (SSSR count). The number of benzene rings is 2. The third kappa shape index (κ3) is 3.67. The average molecular weight is 501 g/mol. The Balaban J connectivity index is 1.27. The fraction of sp³-hybridized carbons (Fsp3) is 0.360. The van der Waals surface area contributed by atoms with Crippen molar-refractivity contribution in [3.05, 3.63) is 59.7 Å². The molecule has 1 heterocycles. The summed E-state index contributed by atoms with van der Waals surface area (Å²) in [6.07, 6.45) is 0.680. The second-order valence-electron chi connectivity index (χ2n) is 9.01. The molecule has 2 aliphatic carbocycles. The first-order valence-corrected chi connectivity index (χ1v) is 11.9. The van der Waals surface area contributed by atoms with Crippen LogP contribution in [-0.4, -0.2) is 41.1 Å². The molecule has 0 aromatic heterocycles. The van der Waals surface area contributed by atoms with E-state index >= 15 is 0 Å². The van der Waals surface area contributed by atoms with Gasteiger partial charge < -0.3 is 10.1 Å². The van der Waals surface area contributed by atoms with E-state index in [-0.39, 0.29) is 40.0 Å². The smallest absolute Gasteiger partial charge is 0.338 e. The summed E-state index contributed by atoms with van der Waals surface area (Å²) in [5, 5.41) is 2.02. The number of amides is 3. The molecule has 34 heavy (non-hydrogen) atoms. The summed E-state index contributed by atoms with van der Waals surface area (Å²) in [4.78, 5) is 52.2. The average Bonchev–Trinajstić information content (AvgIpc) is 3.44. The van der Waals surface area contributed by atoms with E-state index in [9.17, 15) is 19.2 Å². The van der Waals surface area contributed by atoms with Crippen molar-refractivity contribution >= 4 is 58.3 Å². The van der Waals surface area contributed by atoms with E-state index in [4.69, 9.17) is 27.9 Å². The highest BCUT2D eigenvalue weighted by Gasteiger charge is 2.66. The third-order valence-corrected chi connectivity index (χ3v) is 8.40. The van der Waals surface area contributed by atoms with E-state index in [2.05, 4.69) is 5.32 Å². The maximum Gasteiger partial charge on any atom is 0.338 e. The minimum atomic E-state index is -0.734. The molecule has 0 spiro atoms. The van der Waals surface area contributed by atoms with Gasteiger partial charge in [0.1, 0.15) is 0 Å². The number of halogens is 2. The molecule has 2 bridgehead atoms. The number of ether oxygens (including phenoxy) is 1. The lowest BCUT2D eigenvalue weighted by atomic mass is 9.80. The zero-order valence-corrected chi connectivity index (χ0v) is 19.8. The Hall–Kier alpha value is -2.90. The van der Waals surface area contributed by atoms with Gasteiger partial charge in [0.15, 0.2) is 6.61 Å². The highest BCUT2D eigenvalue weighted by molar-refractivity contribution is 6.32. The molecule has 176 valence electrons. The summed E-state index contributed by atoms with van der Waals surface area (Å²) in [6, 6.07) is 13.3. The second kappa shape index (κ2) is 8.71. The number of imide groups is 1. The normalized spacial score (nSPS) is 29.3. The van der Waals surface area contributed by atoms with Gasteiger partial charge in [0.2, 0.25) is 11.8 Å². The molecule has 1 N–H and O–H groups in total. The number of para-hydroxylation sites is 1. The Morgan fingerprint density at radius 1 is 1.00 bits per heavy atom. The van der Waals surface area contributed by atoms with Crippen molar-refractivity contribution in [2.75, 3.05) is 16.8 Å². The molecule has 2 aromatic carbocycles. The zero-order chi connectivity index (χ0) is 24.1. The lowest BCUT2D eigenvalue weighted by molar-refractivity contribution is -0.123. The molecule has 3 fully saturated rings. The van der Waals surface area contributed by atoms with E-state index in [1.807, 2.05) is 19.1 Å². The van der Waals surface area contributed by atoms with E-state index in [0.29, 0.717) is 17.8 Å². The van der Waals surface area contributed by atoms with Gasteiger partial charge in [0.05, 0.1) is 33.8 Å². The first-order valence-electron chi connectivity index (χ1n) is 11.1. The fourth-order valence-corrected chi connectivity index (χ4v) is 6.38. The Kier molecular flexibility index (Phi) is 5.86. The molecule has 1 saturated heterocycles. The van der Waals surface area contributed by atoms with Gasteiger partial charge in [-0.15, -0.1) is 23.2 Å². The molecule has 3 amide bonds. The van der Waals surface area contributed by atoms with E-state index < -0.39 is 30.3 Å². The van der Waals surface area contributed by atoms with E-state index in [1.54, 1.807) is 24.3 Å². The number of nitrogens with one attached hydrogen (secondary N) is 1.